The molecule has 0 radical (unpaired) electrons. The SMILES string of the molecule is COCC[C@H](N)c1nc2c(F)cccc2[nH]1. The number of hydrogen-bond donors (Lipinski definition) is 2. The second-order valence-corrected chi connectivity index (χ2v) is 3.65. The van der Waals surface area contributed by atoms with Crippen molar-refractivity contribution in [3.05, 3.63) is 29.8 Å². The molecule has 0 aliphatic heterocycles. The van der Waals surface area contributed by atoms with Gasteiger partial charge in [-0.2, -0.15) is 0 Å². The topological polar surface area (TPSA) is 63.9 Å². The van der Waals surface area contributed by atoms with Crippen LogP contribution in [0.25, 0.3) is 11.0 Å². The molecule has 0 aliphatic rings. The highest BCUT2D eigenvalue weighted by Crippen LogP contribution is 2.18. The lowest BCUT2D eigenvalue weighted by Crippen LogP contribution is -2.14. The molecule has 0 saturated carbocycles. The van der Waals surface area contributed by atoms with Crippen LogP contribution < -0.4 is 5.73 Å². The number of rotatable bonds is 4. The maximum atomic E-state index is 13.4. The Hall–Kier alpha value is -1.46. The van der Waals surface area contributed by atoms with Crippen molar-refractivity contribution in [1.29, 1.82) is 0 Å². The molecule has 1 aromatic carbocycles. The predicted molar refractivity (Wildman–Crippen MR) is 59.5 cm³/mol. The number of methoxy groups -OCH3 is 1. The van der Waals surface area contributed by atoms with Crippen molar-refractivity contribution in [2.75, 3.05) is 13.7 Å². The number of ether oxygens (including phenoxy) is 1. The first-order chi connectivity index (χ1) is 7.72. The minimum absolute atomic E-state index is 0.258. The smallest absolute Gasteiger partial charge is 0.151 e. The first-order valence-electron chi connectivity index (χ1n) is 5.11. The quantitative estimate of drug-likeness (QED) is 0.829. The van der Waals surface area contributed by atoms with Crippen molar-refractivity contribution in [1.82, 2.24) is 9.97 Å². The van der Waals surface area contributed by atoms with Gasteiger partial charge in [-0.1, -0.05) is 6.07 Å². The van der Waals surface area contributed by atoms with Gasteiger partial charge in [0.2, 0.25) is 0 Å². The van der Waals surface area contributed by atoms with Gasteiger partial charge in [0, 0.05) is 13.7 Å². The molecule has 2 aromatic rings. The summed E-state index contributed by atoms with van der Waals surface area (Å²) in [5.74, 6) is 0.260. The van der Waals surface area contributed by atoms with Crippen molar-refractivity contribution in [2.24, 2.45) is 5.73 Å². The molecule has 86 valence electrons. The number of nitrogens with one attached hydrogen (secondary N) is 1. The molecule has 1 atom stereocenters. The van der Waals surface area contributed by atoms with Gasteiger partial charge in [-0.15, -0.1) is 0 Å². The van der Waals surface area contributed by atoms with Gasteiger partial charge in [-0.3, -0.25) is 0 Å². The molecular weight excluding hydrogens is 209 g/mol. The lowest BCUT2D eigenvalue weighted by molar-refractivity contribution is 0.187. The van der Waals surface area contributed by atoms with Crippen LogP contribution in [-0.2, 0) is 4.74 Å². The third-order valence-corrected chi connectivity index (χ3v) is 2.47. The van der Waals surface area contributed by atoms with Crippen LogP contribution in [0.3, 0.4) is 0 Å². The summed E-state index contributed by atoms with van der Waals surface area (Å²) in [4.78, 5) is 7.17. The number of halogens is 1. The second kappa shape index (κ2) is 4.59. The maximum absolute atomic E-state index is 13.4. The lowest BCUT2D eigenvalue weighted by atomic mass is 10.2. The average molecular weight is 223 g/mol. The first-order valence-corrected chi connectivity index (χ1v) is 5.11. The fourth-order valence-electron chi connectivity index (χ4n) is 1.57. The zero-order valence-electron chi connectivity index (χ0n) is 9.03. The lowest BCUT2D eigenvalue weighted by Gasteiger charge is -2.06. The minimum Gasteiger partial charge on any atom is -0.385 e. The van der Waals surface area contributed by atoms with E-state index >= 15 is 0 Å². The Labute approximate surface area is 92.6 Å². The van der Waals surface area contributed by atoms with E-state index in [-0.39, 0.29) is 11.9 Å². The third-order valence-electron chi connectivity index (χ3n) is 2.47. The van der Waals surface area contributed by atoms with Gasteiger partial charge in [0.15, 0.2) is 5.82 Å². The van der Waals surface area contributed by atoms with Gasteiger partial charge in [-0.25, -0.2) is 9.37 Å². The van der Waals surface area contributed by atoms with Crippen LogP contribution in [0.15, 0.2) is 18.2 Å². The number of nitrogens with two attached hydrogens (primary N) is 1. The van der Waals surface area contributed by atoms with E-state index in [0.717, 1.165) is 0 Å². The van der Waals surface area contributed by atoms with Gasteiger partial charge in [-0.05, 0) is 18.6 Å². The van der Waals surface area contributed by atoms with Crippen molar-refractivity contribution >= 4 is 11.0 Å². The summed E-state index contributed by atoms with van der Waals surface area (Å²) in [5.41, 5.74) is 6.91. The molecule has 0 fully saturated rings. The molecule has 3 N–H and O–H groups in total. The van der Waals surface area contributed by atoms with Crippen LogP contribution in [0.4, 0.5) is 4.39 Å². The van der Waals surface area contributed by atoms with Crippen molar-refractivity contribution in [3.63, 3.8) is 0 Å². The Morgan fingerprint density at radius 2 is 2.38 bits per heavy atom. The number of para-hydroxylation sites is 1. The van der Waals surface area contributed by atoms with Gasteiger partial charge in [0.25, 0.3) is 0 Å². The number of nitrogens with zero attached hydrogens (tertiary/aromatic N) is 1. The molecule has 1 heterocycles. The largest absolute Gasteiger partial charge is 0.385 e. The molecule has 1 aromatic heterocycles. The van der Waals surface area contributed by atoms with E-state index in [2.05, 4.69) is 9.97 Å². The molecule has 16 heavy (non-hydrogen) atoms. The number of aromatic amines is 1. The highest BCUT2D eigenvalue weighted by Gasteiger charge is 2.12. The number of hydrogen-bond acceptors (Lipinski definition) is 3. The summed E-state index contributed by atoms with van der Waals surface area (Å²) in [7, 11) is 1.62. The normalized spacial score (nSPS) is 13.2. The van der Waals surface area contributed by atoms with Gasteiger partial charge in [0.05, 0.1) is 11.6 Å². The Bertz CT molecular complexity index is 483. The van der Waals surface area contributed by atoms with Gasteiger partial charge in [0.1, 0.15) is 11.3 Å². The molecule has 5 heteroatoms. The van der Waals surface area contributed by atoms with Crippen molar-refractivity contribution < 1.29 is 9.13 Å². The minimum atomic E-state index is -0.334. The zero-order chi connectivity index (χ0) is 11.5. The molecular formula is C11H14FN3O. The molecule has 2 rings (SSSR count). The molecule has 4 nitrogen and oxygen atoms in total. The van der Waals surface area contributed by atoms with Crippen molar-refractivity contribution in [2.45, 2.75) is 12.5 Å². The fraction of sp³-hybridized carbons (Fsp3) is 0.364. The van der Waals surface area contributed by atoms with Crippen LogP contribution in [-0.4, -0.2) is 23.7 Å². The Kier molecular flexibility index (Phi) is 3.17. The zero-order valence-corrected chi connectivity index (χ0v) is 9.03. The summed E-state index contributed by atoms with van der Waals surface area (Å²) in [6, 6.07) is 4.54. The second-order valence-electron chi connectivity index (χ2n) is 3.65. The molecule has 0 unspecified atom stereocenters. The number of benzene rings is 1. The summed E-state index contributed by atoms with van der Waals surface area (Å²) in [6.07, 6.45) is 0.651. The Morgan fingerprint density at radius 1 is 1.56 bits per heavy atom. The van der Waals surface area contributed by atoms with E-state index in [1.165, 1.54) is 6.07 Å². The highest BCUT2D eigenvalue weighted by molar-refractivity contribution is 5.75. The number of fused-ring (bicyclic) bond motifs is 1. The standard InChI is InChI=1S/C11H14FN3O/c1-16-6-5-8(13)11-14-9-4-2-3-7(12)10(9)15-11/h2-4,8H,5-6,13H2,1H3,(H,14,15)/t8-/m0/s1. The van der Waals surface area contributed by atoms with Crippen LogP contribution in [0.1, 0.15) is 18.3 Å². The molecule has 0 aliphatic carbocycles. The highest BCUT2D eigenvalue weighted by atomic mass is 19.1. The van der Waals surface area contributed by atoms with Crippen LogP contribution in [0.5, 0.6) is 0 Å². The number of H-pyrrole nitrogens is 1. The van der Waals surface area contributed by atoms with Crippen LogP contribution in [0, 0.1) is 5.82 Å². The fourth-order valence-corrected chi connectivity index (χ4v) is 1.57. The van der Waals surface area contributed by atoms with Crippen LogP contribution >= 0.6 is 0 Å². The average Bonchev–Trinajstić information content (AvgIpc) is 2.71. The summed E-state index contributed by atoms with van der Waals surface area (Å²) >= 11 is 0. The van der Waals surface area contributed by atoms with E-state index in [4.69, 9.17) is 10.5 Å². The monoisotopic (exact) mass is 223 g/mol. The van der Waals surface area contributed by atoms with E-state index in [0.29, 0.717) is 29.9 Å². The van der Waals surface area contributed by atoms with Crippen molar-refractivity contribution in [3.8, 4) is 0 Å². The maximum Gasteiger partial charge on any atom is 0.151 e. The number of aromatic nitrogens is 2. The van der Waals surface area contributed by atoms with Gasteiger partial charge >= 0.3 is 0 Å². The molecule has 0 amide bonds. The van der Waals surface area contributed by atoms with E-state index in [9.17, 15) is 4.39 Å². The third kappa shape index (κ3) is 2.05. The summed E-state index contributed by atoms with van der Waals surface area (Å²) in [6.45, 7) is 0.556. The molecule has 0 saturated heterocycles. The summed E-state index contributed by atoms with van der Waals surface area (Å²) in [5, 5.41) is 0. The van der Waals surface area contributed by atoms with E-state index in [1.807, 2.05) is 0 Å². The predicted octanol–water partition coefficient (Wildman–Crippen LogP) is 1.74. The van der Waals surface area contributed by atoms with Gasteiger partial charge < -0.3 is 15.5 Å². The van der Waals surface area contributed by atoms with Crippen LogP contribution in [0.2, 0.25) is 0 Å². The van der Waals surface area contributed by atoms with E-state index < -0.39 is 0 Å². The summed E-state index contributed by atoms with van der Waals surface area (Å²) < 4.78 is 18.3. The molecule has 0 spiro atoms. The first kappa shape index (κ1) is 11.0. The Morgan fingerprint density at radius 3 is 3.06 bits per heavy atom. The molecule has 0 bridgehead atoms. The van der Waals surface area contributed by atoms with E-state index in [1.54, 1.807) is 19.2 Å². The Balaban J connectivity index is 2.29. The number of imidazole rings is 1.